The Bertz CT molecular complexity index is 3650. The number of rotatable bonds is 30. The third kappa shape index (κ3) is 14.4. The van der Waals surface area contributed by atoms with Crippen molar-refractivity contribution in [2.45, 2.75) is 36.7 Å². The van der Waals surface area contributed by atoms with Crippen LogP contribution in [0.3, 0.4) is 0 Å². The number of nitrogens with zero attached hydrogens (tertiary/aromatic N) is 5. The standard InChI is InChI=1S/C64H61Cl2N7O12S2/c1-77-32-34-80-41-83-57-50(65)36-45(53(66)58(57)84-42-81-35-33-78-2)38-85-70-54(51-40-87-63(67-51)69-64(46-17-7-4-8-18-46,47-19-9-5-10-20-47)48-21-11-6-12-22-48)59(74)68-55-60(75)73-56(62(76)82-37-43-24-26-49(79-3)27-25-43)44(39-86-61(55)73)16-15-29-72-31-30-71-28-14-13-23-52(71)72/h4-28,30-31,36,40,55,61H,29,32-35,37-39,41-42H2,1-3H3,(H-,67,68,69,74)/p+1. The molecule has 0 saturated carbocycles. The maximum Gasteiger partial charge on any atom is 0.355 e. The maximum atomic E-state index is 15.1. The van der Waals surface area contributed by atoms with Crippen LogP contribution in [0, 0.1) is 0 Å². The van der Waals surface area contributed by atoms with Crippen molar-refractivity contribution in [3.63, 3.8) is 0 Å². The van der Waals surface area contributed by atoms with Crippen molar-refractivity contribution in [1.29, 1.82) is 0 Å². The third-order valence-electron chi connectivity index (χ3n) is 14.1. The molecule has 0 aliphatic carbocycles. The molecule has 2 aliphatic heterocycles. The number of carbonyl (C=O) groups is 3. The number of nitrogens with one attached hydrogen (secondary N) is 2. The van der Waals surface area contributed by atoms with E-state index in [1.54, 1.807) is 51.0 Å². The molecule has 2 N–H and O–H groups in total. The number of hydrogen-bond donors (Lipinski definition) is 2. The van der Waals surface area contributed by atoms with Gasteiger partial charge in [-0.15, -0.1) is 23.1 Å². The number of hydrogen-bond acceptors (Lipinski definition) is 17. The van der Waals surface area contributed by atoms with Crippen molar-refractivity contribution >= 4 is 80.6 Å². The molecule has 5 aromatic carbocycles. The van der Waals surface area contributed by atoms with Crippen molar-refractivity contribution in [3.8, 4) is 17.2 Å². The first-order valence-corrected chi connectivity index (χ1v) is 30.2. The molecule has 1 saturated heterocycles. The second-order valence-corrected chi connectivity index (χ2v) is 22.3. The molecule has 2 aliphatic rings. The van der Waals surface area contributed by atoms with E-state index in [1.165, 1.54) is 34.1 Å². The summed E-state index contributed by atoms with van der Waals surface area (Å²) in [7, 11) is 4.67. The molecule has 23 heteroatoms. The quantitative estimate of drug-likeness (QED) is 0.00631. The van der Waals surface area contributed by atoms with E-state index >= 15 is 4.79 Å². The van der Waals surface area contributed by atoms with Gasteiger partial charge in [-0.1, -0.05) is 144 Å². The van der Waals surface area contributed by atoms with Gasteiger partial charge in [0.15, 0.2) is 35.9 Å². The van der Waals surface area contributed by atoms with Crippen LogP contribution < -0.4 is 29.4 Å². The van der Waals surface area contributed by atoms with Crippen molar-refractivity contribution in [3.05, 3.63) is 230 Å². The summed E-state index contributed by atoms with van der Waals surface area (Å²) in [5.41, 5.74) is 4.28. The fraction of sp³-hybridized carbons (Fsp3) is 0.250. The maximum absolute atomic E-state index is 15.1. The molecule has 1 fully saturated rings. The second kappa shape index (κ2) is 29.9. The zero-order valence-corrected chi connectivity index (χ0v) is 50.8. The lowest BCUT2D eigenvalue weighted by molar-refractivity contribution is -0.660. The highest BCUT2D eigenvalue weighted by Crippen LogP contribution is 2.45. The largest absolute Gasteiger partial charge is 0.497 e. The predicted octanol–water partition coefficient (Wildman–Crippen LogP) is 9.98. The highest BCUT2D eigenvalue weighted by atomic mass is 35.5. The topological polar surface area (TPSA) is 195 Å². The lowest BCUT2D eigenvalue weighted by Gasteiger charge is -2.49. The highest BCUT2D eigenvalue weighted by molar-refractivity contribution is 8.00. The van der Waals surface area contributed by atoms with Crippen LogP contribution in [-0.4, -0.2) is 116 Å². The summed E-state index contributed by atoms with van der Waals surface area (Å²) in [6, 6.07) is 43.4. The van der Waals surface area contributed by atoms with Crippen LogP contribution >= 0.6 is 46.3 Å². The van der Waals surface area contributed by atoms with E-state index in [9.17, 15) is 9.59 Å². The van der Waals surface area contributed by atoms with Gasteiger partial charge in [-0.25, -0.2) is 18.7 Å². The van der Waals surface area contributed by atoms with Gasteiger partial charge < -0.3 is 53.4 Å². The summed E-state index contributed by atoms with van der Waals surface area (Å²) in [4.78, 5) is 56.5. The van der Waals surface area contributed by atoms with Crippen LogP contribution in [0.25, 0.3) is 5.65 Å². The van der Waals surface area contributed by atoms with Crippen molar-refractivity contribution in [2.75, 3.05) is 72.4 Å². The number of pyridine rings is 1. The molecule has 0 radical (unpaired) electrons. The van der Waals surface area contributed by atoms with Crippen molar-refractivity contribution in [1.82, 2.24) is 19.6 Å². The number of oxime groups is 1. The van der Waals surface area contributed by atoms with Crippen LogP contribution in [0.4, 0.5) is 5.13 Å². The van der Waals surface area contributed by atoms with E-state index in [-0.39, 0.29) is 78.7 Å². The Hall–Kier alpha value is -8.25. The van der Waals surface area contributed by atoms with Crippen LogP contribution in [0.15, 0.2) is 192 Å². The van der Waals surface area contributed by atoms with Crippen LogP contribution in [0.2, 0.25) is 10.0 Å². The minimum absolute atomic E-state index is 0.0368. The molecular weight excluding hydrogens is 1190 g/mol. The number of aromatic nitrogens is 3. The molecular formula is C64H62Cl2N7O12S2+. The van der Waals surface area contributed by atoms with E-state index in [1.807, 2.05) is 144 Å². The van der Waals surface area contributed by atoms with Gasteiger partial charge in [0.2, 0.25) is 0 Å². The predicted molar refractivity (Wildman–Crippen MR) is 331 cm³/mol. The summed E-state index contributed by atoms with van der Waals surface area (Å²) in [5.74, 6) is -0.960. The molecule has 0 bridgehead atoms. The molecule has 8 aromatic rings. The molecule has 2 unspecified atom stereocenters. The summed E-state index contributed by atoms with van der Waals surface area (Å²) in [6.45, 7) is 0.754. The molecule has 450 valence electrons. The van der Waals surface area contributed by atoms with Gasteiger partial charge in [0.05, 0.1) is 49.8 Å². The number of halogens is 2. The third-order valence-corrected chi connectivity index (χ3v) is 16.8. The Morgan fingerprint density at radius 3 is 2.08 bits per heavy atom. The smallest absolute Gasteiger partial charge is 0.355 e. The van der Waals surface area contributed by atoms with E-state index < -0.39 is 34.7 Å². The summed E-state index contributed by atoms with van der Waals surface area (Å²) < 4.78 is 48.4. The number of ether oxygens (including phenoxy) is 8. The fourth-order valence-corrected chi connectivity index (χ4v) is 12.4. The molecule has 2 atom stereocenters. The first-order valence-electron chi connectivity index (χ1n) is 27.5. The van der Waals surface area contributed by atoms with Gasteiger partial charge in [0, 0.05) is 37.0 Å². The van der Waals surface area contributed by atoms with Crippen LogP contribution in [-0.2, 0) is 68.2 Å². The number of methoxy groups -OCH3 is 3. The first kappa shape index (κ1) is 61.8. The first-order chi connectivity index (χ1) is 42.6. The number of imidazole rings is 1. The Balaban J connectivity index is 0.963. The number of carbonyl (C=O) groups excluding carboxylic acids is 3. The van der Waals surface area contributed by atoms with Crippen LogP contribution in [0.1, 0.15) is 33.5 Å². The molecule has 87 heavy (non-hydrogen) atoms. The second-order valence-electron chi connectivity index (χ2n) is 19.5. The lowest BCUT2D eigenvalue weighted by atomic mass is 9.77. The summed E-state index contributed by atoms with van der Waals surface area (Å²) >= 11 is 16.5. The SMILES string of the molecule is COCCOCOc1c(Cl)cc(CON=C(C(=O)NC2C(=O)N3C(C(=O)OCc4ccc(OC)cc4)=C(C=CC[n+]4ccn5ccccc54)CSC23)c2csc(NC(c3ccccc3)(c3ccccc3)c3ccccc3)n2)c(Cl)c1OCOCCOC. The average molecular weight is 1260 g/mol. The zero-order valence-electron chi connectivity index (χ0n) is 47.7. The number of fused-ring (bicyclic) bond motifs is 2. The summed E-state index contributed by atoms with van der Waals surface area (Å²) in [5, 5.41) is 12.7. The molecule has 10 rings (SSSR count). The van der Waals surface area contributed by atoms with Crippen LogP contribution in [0.5, 0.6) is 17.2 Å². The monoisotopic (exact) mass is 1250 g/mol. The number of benzene rings is 5. The number of anilines is 1. The minimum atomic E-state index is -1.12. The Kier molecular flexibility index (Phi) is 21.3. The Morgan fingerprint density at radius 1 is 0.793 bits per heavy atom. The molecule has 0 spiro atoms. The zero-order chi connectivity index (χ0) is 60.5. The molecule has 2 amide bonds. The number of β-lactam (4-membered cyclic amide) rings is 1. The lowest BCUT2D eigenvalue weighted by Crippen LogP contribution is -2.71. The molecule has 5 heterocycles. The fourth-order valence-electron chi connectivity index (χ4n) is 9.78. The number of amides is 2. The molecule has 3 aromatic heterocycles. The average Bonchev–Trinajstić information content (AvgIpc) is 1.95. The minimum Gasteiger partial charge on any atom is -0.497 e. The van der Waals surface area contributed by atoms with E-state index in [0.29, 0.717) is 53.1 Å². The van der Waals surface area contributed by atoms with E-state index in [4.69, 9.17) is 70.9 Å². The van der Waals surface area contributed by atoms with E-state index in [0.717, 1.165) is 22.3 Å². The van der Waals surface area contributed by atoms with E-state index in [2.05, 4.69) is 20.4 Å². The summed E-state index contributed by atoms with van der Waals surface area (Å²) in [6.07, 6.45) is 9.66. The number of thioether (sulfide) groups is 1. The number of allylic oxidation sites excluding steroid dienone is 2. The highest BCUT2D eigenvalue weighted by Gasteiger charge is 2.54. The van der Waals surface area contributed by atoms with Gasteiger partial charge in [-0.2, -0.15) is 0 Å². The van der Waals surface area contributed by atoms with Gasteiger partial charge in [0.1, 0.15) is 66.2 Å². The number of esters is 1. The Morgan fingerprint density at radius 2 is 1.44 bits per heavy atom. The number of thiazole rings is 1. The van der Waals surface area contributed by atoms with Crippen molar-refractivity contribution < 1.29 is 61.7 Å². The van der Waals surface area contributed by atoms with Gasteiger partial charge in [-0.3, -0.25) is 14.5 Å². The normalized spacial score (nSPS) is 15.1. The van der Waals surface area contributed by atoms with Crippen molar-refractivity contribution in [2.24, 2.45) is 5.16 Å². The molecule has 19 nitrogen and oxygen atoms in total. The van der Waals surface area contributed by atoms with Gasteiger partial charge in [-0.05, 0) is 58.2 Å². The van der Waals surface area contributed by atoms with Gasteiger partial charge >= 0.3 is 5.97 Å². The Labute approximate surface area is 520 Å². The van der Waals surface area contributed by atoms with Gasteiger partial charge in [0.25, 0.3) is 17.5 Å².